The summed E-state index contributed by atoms with van der Waals surface area (Å²) in [5, 5.41) is 2.87. The van der Waals surface area contributed by atoms with Gasteiger partial charge >= 0.3 is 0 Å². The molecule has 0 aliphatic carbocycles. The highest BCUT2D eigenvalue weighted by Crippen LogP contribution is 2.24. The molecule has 1 N–H and O–H groups in total. The van der Waals surface area contributed by atoms with Crippen molar-refractivity contribution in [1.82, 2.24) is 5.32 Å². The van der Waals surface area contributed by atoms with Gasteiger partial charge in [-0.1, -0.05) is 51.1 Å². The minimum atomic E-state index is -0.130. The van der Waals surface area contributed by atoms with Crippen LogP contribution in [0.1, 0.15) is 31.9 Å². The molecule has 2 rings (SSSR count). The molecule has 0 radical (unpaired) electrons. The molecular formula is C21H27NO3. The fourth-order valence-electron chi connectivity index (χ4n) is 2.50. The zero-order valence-corrected chi connectivity index (χ0v) is 15.5. The Kier molecular flexibility index (Phi) is 6.45. The first-order valence-corrected chi connectivity index (χ1v) is 8.52. The molecule has 0 spiro atoms. The van der Waals surface area contributed by atoms with Gasteiger partial charge in [-0.15, -0.1) is 0 Å². The minimum Gasteiger partial charge on any atom is -0.496 e. The van der Waals surface area contributed by atoms with E-state index >= 15 is 0 Å². The Morgan fingerprint density at radius 1 is 1.04 bits per heavy atom. The SMILES string of the molecule is COc1ccccc1CCNC(=O)COc1ccc(C(C)(C)C)cc1. The van der Waals surface area contributed by atoms with Crippen LogP contribution < -0.4 is 14.8 Å². The van der Waals surface area contributed by atoms with Crippen LogP contribution in [0.15, 0.2) is 48.5 Å². The average Bonchev–Trinajstić information content (AvgIpc) is 2.60. The summed E-state index contributed by atoms with van der Waals surface area (Å²) in [6.07, 6.45) is 0.718. The number of methoxy groups -OCH3 is 1. The first-order valence-electron chi connectivity index (χ1n) is 8.52. The van der Waals surface area contributed by atoms with E-state index in [0.29, 0.717) is 12.3 Å². The summed E-state index contributed by atoms with van der Waals surface area (Å²) in [7, 11) is 1.65. The van der Waals surface area contributed by atoms with E-state index in [1.807, 2.05) is 48.5 Å². The topological polar surface area (TPSA) is 47.6 Å². The van der Waals surface area contributed by atoms with E-state index in [2.05, 4.69) is 26.1 Å². The lowest BCUT2D eigenvalue weighted by molar-refractivity contribution is -0.123. The minimum absolute atomic E-state index is 0.0147. The van der Waals surface area contributed by atoms with Gasteiger partial charge in [0.1, 0.15) is 11.5 Å². The van der Waals surface area contributed by atoms with E-state index in [4.69, 9.17) is 9.47 Å². The highest BCUT2D eigenvalue weighted by Gasteiger charge is 2.13. The van der Waals surface area contributed by atoms with Crippen molar-refractivity contribution in [3.8, 4) is 11.5 Å². The monoisotopic (exact) mass is 341 g/mol. The van der Waals surface area contributed by atoms with Crippen LogP contribution in [-0.4, -0.2) is 26.2 Å². The number of carbonyl (C=O) groups excluding carboxylic acids is 1. The summed E-state index contributed by atoms with van der Waals surface area (Å²) in [4.78, 5) is 11.9. The molecule has 25 heavy (non-hydrogen) atoms. The van der Waals surface area contributed by atoms with Gasteiger partial charge < -0.3 is 14.8 Å². The van der Waals surface area contributed by atoms with E-state index < -0.39 is 0 Å². The molecule has 2 aromatic rings. The quantitative estimate of drug-likeness (QED) is 0.835. The molecule has 4 nitrogen and oxygen atoms in total. The number of nitrogens with one attached hydrogen (secondary N) is 1. The summed E-state index contributed by atoms with van der Waals surface area (Å²) >= 11 is 0. The fraction of sp³-hybridized carbons (Fsp3) is 0.381. The molecule has 0 bridgehead atoms. The largest absolute Gasteiger partial charge is 0.496 e. The maximum absolute atomic E-state index is 11.9. The van der Waals surface area contributed by atoms with Crippen molar-refractivity contribution in [2.24, 2.45) is 0 Å². The number of carbonyl (C=O) groups is 1. The molecule has 0 saturated carbocycles. The highest BCUT2D eigenvalue weighted by atomic mass is 16.5. The van der Waals surface area contributed by atoms with Gasteiger partial charge in [0.25, 0.3) is 5.91 Å². The average molecular weight is 341 g/mol. The Hall–Kier alpha value is -2.49. The van der Waals surface area contributed by atoms with E-state index in [1.54, 1.807) is 7.11 Å². The smallest absolute Gasteiger partial charge is 0.257 e. The molecule has 0 unspecified atom stereocenters. The maximum Gasteiger partial charge on any atom is 0.257 e. The second kappa shape index (κ2) is 8.56. The molecule has 134 valence electrons. The molecule has 0 aliphatic heterocycles. The number of amides is 1. The highest BCUT2D eigenvalue weighted by molar-refractivity contribution is 5.77. The van der Waals surface area contributed by atoms with Gasteiger partial charge in [-0.25, -0.2) is 0 Å². The van der Waals surface area contributed by atoms with Crippen molar-refractivity contribution in [1.29, 1.82) is 0 Å². The Balaban J connectivity index is 1.75. The standard InChI is InChI=1S/C21H27NO3/c1-21(2,3)17-9-11-18(12-10-17)25-15-20(23)22-14-13-16-7-5-6-8-19(16)24-4/h5-12H,13-15H2,1-4H3,(H,22,23). The molecule has 0 fully saturated rings. The lowest BCUT2D eigenvalue weighted by Gasteiger charge is -2.19. The summed E-state index contributed by atoms with van der Waals surface area (Å²) < 4.78 is 10.9. The van der Waals surface area contributed by atoms with Crippen LogP contribution in [-0.2, 0) is 16.6 Å². The summed E-state index contributed by atoms with van der Waals surface area (Å²) in [6, 6.07) is 15.7. The van der Waals surface area contributed by atoms with Crippen molar-refractivity contribution < 1.29 is 14.3 Å². The van der Waals surface area contributed by atoms with Crippen LogP contribution in [0.3, 0.4) is 0 Å². The van der Waals surface area contributed by atoms with Gasteiger partial charge in [-0.2, -0.15) is 0 Å². The Morgan fingerprint density at radius 2 is 1.72 bits per heavy atom. The third kappa shape index (κ3) is 5.82. The molecule has 0 heterocycles. The Morgan fingerprint density at radius 3 is 2.36 bits per heavy atom. The van der Waals surface area contributed by atoms with Gasteiger partial charge in [-0.05, 0) is 41.2 Å². The predicted octanol–water partition coefficient (Wildman–Crippen LogP) is 3.73. The summed E-state index contributed by atoms with van der Waals surface area (Å²) in [5.74, 6) is 1.41. The lowest BCUT2D eigenvalue weighted by atomic mass is 9.87. The maximum atomic E-state index is 11.9. The third-order valence-electron chi connectivity index (χ3n) is 4.00. The van der Waals surface area contributed by atoms with Crippen molar-refractivity contribution in [3.63, 3.8) is 0 Å². The second-order valence-electron chi connectivity index (χ2n) is 6.97. The van der Waals surface area contributed by atoms with Crippen LogP contribution in [0.5, 0.6) is 11.5 Å². The van der Waals surface area contributed by atoms with Gasteiger partial charge in [0.2, 0.25) is 0 Å². The molecule has 0 saturated heterocycles. The van der Waals surface area contributed by atoms with Crippen molar-refractivity contribution in [2.75, 3.05) is 20.3 Å². The van der Waals surface area contributed by atoms with Crippen LogP contribution >= 0.6 is 0 Å². The summed E-state index contributed by atoms with van der Waals surface area (Å²) in [6.45, 7) is 7.06. The number of para-hydroxylation sites is 1. The van der Waals surface area contributed by atoms with Gasteiger partial charge in [0.05, 0.1) is 7.11 Å². The normalized spacial score (nSPS) is 11.0. The second-order valence-corrected chi connectivity index (χ2v) is 6.97. The summed E-state index contributed by atoms with van der Waals surface area (Å²) in [5.41, 5.74) is 2.42. The first kappa shape index (κ1) is 18.8. The van der Waals surface area contributed by atoms with E-state index in [9.17, 15) is 4.79 Å². The van der Waals surface area contributed by atoms with Crippen LogP contribution in [0.4, 0.5) is 0 Å². The molecule has 2 aromatic carbocycles. The van der Waals surface area contributed by atoms with Crippen LogP contribution in [0.2, 0.25) is 0 Å². The third-order valence-corrected chi connectivity index (χ3v) is 4.00. The number of hydrogen-bond acceptors (Lipinski definition) is 3. The molecular weight excluding hydrogens is 314 g/mol. The van der Waals surface area contributed by atoms with E-state index in [1.165, 1.54) is 5.56 Å². The van der Waals surface area contributed by atoms with Crippen molar-refractivity contribution in [3.05, 3.63) is 59.7 Å². The Labute approximate surface area is 150 Å². The van der Waals surface area contributed by atoms with E-state index in [-0.39, 0.29) is 17.9 Å². The lowest BCUT2D eigenvalue weighted by Crippen LogP contribution is -2.30. The van der Waals surface area contributed by atoms with Gasteiger partial charge in [0.15, 0.2) is 6.61 Å². The molecule has 4 heteroatoms. The van der Waals surface area contributed by atoms with Crippen molar-refractivity contribution >= 4 is 5.91 Å². The van der Waals surface area contributed by atoms with Crippen LogP contribution in [0.25, 0.3) is 0 Å². The predicted molar refractivity (Wildman–Crippen MR) is 100 cm³/mol. The Bertz CT molecular complexity index is 687. The van der Waals surface area contributed by atoms with Gasteiger partial charge in [-0.3, -0.25) is 4.79 Å². The van der Waals surface area contributed by atoms with E-state index in [0.717, 1.165) is 17.7 Å². The zero-order valence-electron chi connectivity index (χ0n) is 15.5. The molecule has 0 aromatic heterocycles. The number of ether oxygens (including phenoxy) is 2. The van der Waals surface area contributed by atoms with Crippen molar-refractivity contribution in [2.45, 2.75) is 32.6 Å². The molecule has 0 atom stereocenters. The molecule has 0 aliphatic rings. The number of rotatable bonds is 7. The number of hydrogen-bond donors (Lipinski definition) is 1. The number of benzene rings is 2. The zero-order chi connectivity index (χ0) is 18.3. The molecule has 1 amide bonds. The first-order chi connectivity index (χ1) is 11.9. The van der Waals surface area contributed by atoms with Crippen LogP contribution in [0, 0.1) is 0 Å². The fourth-order valence-corrected chi connectivity index (χ4v) is 2.50. The van der Waals surface area contributed by atoms with Gasteiger partial charge in [0, 0.05) is 6.54 Å².